The van der Waals surface area contributed by atoms with Crippen LogP contribution in [0, 0.1) is 0 Å². The number of anilines is 1. The van der Waals surface area contributed by atoms with Gasteiger partial charge in [-0.05, 0) is 25.0 Å². The first-order chi connectivity index (χ1) is 12.6. The number of piperazine rings is 1. The Hall–Kier alpha value is -1.22. The number of nitrogens with zero attached hydrogens (tertiary/aromatic N) is 4. The molecule has 144 valence electrons. The molecule has 2 aliphatic heterocycles. The summed E-state index contributed by atoms with van der Waals surface area (Å²) in [6.07, 6.45) is 6.92. The standard InChI is InChI=1S/C18H28N4O3S/c23-26(24,22-11-13-25-14-12-22)17-5-6-18(19-15-17)21-9-7-20(8-10-21)16-3-1-2-4-16/h5-6,15-16H,1-4,7-14H2. The maximum Gasteiger partial charge on any atom is 0.244 e. The Bertz CT molecular complexity index is 690. The van der Waals surface area contributed by atoms with E-state index in [1.165, 1.54) is 36.2 Å². The fraction of sp³-hybridized carbons (Fsp3) is 0.722. The van der Waals surface area contributed by atoms with Gasteiger partial charge in [0.1, 0.15) is 10.7 Å². The van der Waals surface area contributed by atoms with Crippen LogP contribution in [0.5, 0.6) is 0 Å². The second-order valence-electron chi connectivity index (χ2n) is 7.33. The topological polar surface area (TPSA) is 66.0 Å². The third-order valence-electron chi connectivity index (χ3n) is 5.81. The summed E-state index contributed by atoms with van der Waals surface area (Å²) in [4.78, 5) is 9.60. The van der Waals surface area contributed by atoms with Crippen LogP contribution < -0.4 is 4.90 Å². The van der Waals surface area contributed by atoms with E-state index in [1.54, 1.807) is 6.07 Å². The van der Waals surface area contributed by atoms with E-state index >= 15 is 0 Å². The number of rotatable bonds is 4. The average molecular weight is 381 g/mol. The minimum atomic E-state index is -3.47. The molecule has 0 N–H and O–H groups in total. The summed E-state index contributed by atoms with van der Waals surface area (Å²) in [5.41, 5.74) is 0. The van der Waals surface area contributed by atoms with Gasteiger partial charge in [-0.2, -0.15) is 4.31 Å². The van der Waals surface area contributed by atoms with Crippen LogP contribution in [0.1, 0.15) is 25.7 Å². The lowest BCUT2D eigenvalue weighted by Crippen LogP contribution is -2.50. The number of morpholine rings is 1. The van der Waals surface area contributed by atoms with E-state index in [0.717, 1.165) is 38.0 Å². The Balaban J connectivity index is 1.38. The molecule has 3 heterocycles. The van der Waals surface area contributed by atoms with Crippen molar-refractivity contribution in [3.8, 4) is 0 Å². The fourth-order valence-corrected chi connectivity index (χ4v) is 5.59. The summed E-state index contributed by atoms with van der Waals surface area (Å²) in [6, 6.07) is 4.31. The van der Waals surface area contributed by atoms with Crippen molar-refractivity contribution in [3.63, 3.8) is 0 Å². The van der Waals surface area contributed by atoms with E-state index in [0.29, 0.717) is 26.3 Å². The number of sulfonamides is 1. The average Bonchev–Trinajstić information content (AvgIpc) is 3.24. The molecule has 0 amide bonds. The first-order valence-corrected chi connectivity index (χ1v) is 11.1. The highest BCUT2D eigenvalue weighted by atomic mass is 32.2. The van der Waals surface area contributed by atoms with Crippen LogP contribution in [0.2, 0.25) is 0 Å². The van der Waals surface area contributed by atoms with E-state index in [4.69, 9.17) is 4.74 Å². The number of pyridine rings is 1. The zero-order valence-electron chi connectivity index (χ0n) is 15.2. The Morgan fingerprint density at radius 2 is 1.65 bits per heavy atom. The Labute approximate surface area is 156 Å². The largest absolute Gasteiger partial charge is 0.379 e. The Kier molecular flexibility index (Phi) is 5.45. The summed E-state index contributed by atoms with van der Waals surface area (Å²) >= 11 is 0. The first kappa shape index (κ1) is 18.2. The molecule has 1 aromatic heterocycles. The van der Waals surface area contributed by atoms with E-state index in [9.17, 15) is 8.42 Å². The van der Waals surface area contributed by atoms with Crippen molar-refractivity contribution in [2.45, 2.75) is 36.6 Å². The van der Waals surface area contributed by atoms with E-state index in [-0.39, 0.29) is 4.90 Å². The van der Waals surface area contributed by atoms with Gasteiger partial charge in [-0.3, -0.25) is 4.90 Å². The highest BCUT2D eigenvalue weighted by molar-refractivity contribution is 7.89. The highest BCUT2D eigenvalue weighted by Gasteiger charge is 2.28. The van der Waals surface area contributed by atoms with Crippen LogP contribution in [0.3, 0.4) is 0 Å². The molecule has 26 heavy (non-hydrogen) atoms. The van der Waals surface area contributed by atoms with Gasteiger partial charge in [0.2, 0.25) is 10.0 Å². The maximum atomic E-state index is 12.7. The van der Waals surface area contributed by atoms with Crippen molar-refractivity contribution in [2.75, 3.05) is 57.4 Å². The molecule has 1 saturated carbocycles. The molecule has 7 nitrogen and oxygen atoms in total. The molecular formula is C18H28N4O3S. The second kappa shape index (κ2) is 7.80. The van der Waals surface area contributed by atoms with Gasteiger partial charge in [0.25, 0.3) is 0 Å². The van der Waals surface area contributed by atoms with Crippen molar-refractivity contribution in [2.24, 2.45) is 0 Å². The molecule has 0 aromatic carbocycles. The van der Waals surface area contributed by atoms with Gasteiger partial charge in [0.05, 0.1) is 13.2 Å². The smallest absolute Gasteiger partial charge is 0.244 e. The van der Waals surface area contributed by atoms with Crippen molar-refractivity contribution >= 4 is 15.8 Å². The van der Waals surface area contributed by atoms with Crippen LogP contribution in [-0.4, -0.2) is 81.1 Å². The summed E-state index contributed by atoms with van der Waals surface area (Å²) in [7, 11) is -3.47. The van der Waals surface area contributed by atoms with Crippen LogP contribution >= 0.6 is 0 Å². The Morgan fingerprint density at radius 3 is 2.27 bits per heavy atom. The monoisotopic (exact) mass is 380 g/mol. The van der Waals surface area contributed by atoms with Gasteiger partial charge < -0.3 is 9.64 Å². The van der Waals surface area contributed by atoms with Crippen molar-refractivity contribution in [3.05, 3.63) is 18.3 Å². The first-order valence-electron chi connectivity index (χ1n) is 9.67. The number of hydrogen-bond donors (Lipinski definition) is 0. The lowest BCUT2D eigenvalue weighted by Gasteiger charge is -2.38. The van der Waals surface area contributed by atoms with Gasteiger partial charge in [0, 0.05) is 51.5 Å². The minimum Gasteiger partial charge on any atom is -0.379 e. The number of hydrogen-bond acceptors (Lipinski definition) is 6. The van der Waals surface area contributed by atoms with Gasteiger partial charge in [-0.1, -0.05) is 12.8 Å². The summed E-state index contributed by atoms with van der Waals surface area (Å²) < 4.78 is 32.1. The minimum absolute atomic E-state index is 0.271. The van der Waals surface area contributed by atoms with E-state index in [1.807, 2.05) is 6.07 Å². The summed E-state index contributed by atoms with van der Waals surface area (Å²) in [5.74, 6) is 0.872. The van der Waals surface area contributed by atoms with Crippen molar-refractivity contribution in [1.29, 1.82) is 0 Å². The number of aromatic nitrogens is 1. The normalized spacial score (nSPS) is 24.2. The molecule has 0 bridgehead atoms. The predicted molar refractivity (Wildman–Crippen MR) is 99.9 cm³/mol. The molecule has 0 atom stereocenters. The molecule has 2 saturated heterocycles. The molecular weight excluding hydrogens is 352 g/mol. The molecule has 3 aliphatic rings. The van der Waals surface area contributed by atoms with Gasteiger partial charge in [0.15, 0.2) is 0 Å². The molecule has 8 heteroatoms. The molecule has 3 fully saturated rings. The number of ether oxygens (including phenoxy) is 1. The molecule has 0 spiro atoms. The molecule has 4 rings (SSSR count). The van der Waals surface area contributed by atoms with E-state index in [2.05, 4.69) is 14.8 Å². The zero-order chi connectivity index (χ0) is 18.0. The molecule has 0 radical (unpaired) electrons. The highest BCUT2D eigenvalue weighted by Crippen LogP contribution is 2.25. The SMILES string of the molecule is O=S(=O)(c1ccc(N2CCN(C3CCCC3)CC2)nc1)N1CCOCC1. The maximum absolute atomic E-state index is 12.7. The van der Waals surface area contributed by atoms with Crippen LogP contribution in [0.15, 0.2) is 23.2 Å². The Morgan fingerprint density at radius 1 is 0.962 bits per heavy atom. The lowest BCUT2D eigenvalue weighted by molar-refractivity contribution is 0.0730. The lowest BCUT2D eigenvalue weighted by atomic mass is 10.2. The summed E-state index contributed by atoms with van der Waals surface area (Å²) in [5, 5.41) is 0. The van der Waals surface area contributed by atoms with Gasteiger partial charge >= 0.3 is 0 Å². The third kappa shape index (κ3) is 3.74. The zero-order valence-corrected chi connectivity index (χ0v) is 16.0. The summed E-state index contributed by atoms with van der Waals surface area (Å²) in [6.45, 7) is 5.78. The molecule has 1 aliphatic carbocycles. The van der Waals surface area contributed by atoms with Crippen LogP contribution in [-0.2, 0) is 14.8 Å². The van der Waals surface area contributed by atoms with Crippen molar-refractivity contribution < 1.29 is 13.2 Å². The van der Waals surface area contributed by atoms with Gasteiger partial charge in [-0.15, -0.1) is 0 Å². The third-order valence-corrected chi connectivity index (χ3v) is 7.69. The van der Waals surface area contributed by atoms with Gasteiger partial charge in [-0.25, -0.2) is 13.4 Å². The second-order valence-corrected chi connectivity index (χ2v) is 9.27. The molecule has 0 unspecified atom stereocenters. The van der Waals surface area contributed by atoms with E-state index < -0.39 is 10.0 Å². The van der Waals surface area contributed by atoms with Crippen molar-refractivity contribution in [1.82, 2.24) is 14.2 Å². The fourth-order valence-electron chi connectivity index (χ4n) is 4.23. The van der Waals surface area contributed by atoms with Crippen LogP contribution in [0.4, 0.5) is 5.82 Å². The quantitative estimate of drug-likeness (QED) is 0.781. The van der Waals surface area contributed by atoms with Crippen LogP contribution in [0.25, 0.3) is 0 Å². The predicted octanol–water partition coefficient (Wildman–Crippen LogP) is 1.17. The molecule has 1 aromatic rings.